The van der Waals surface area contributed by atoms with Crippen LogP contribution in [-0.2, 0) is 0 Å². The quantitative estimate of drug-likeness (QED) is 0.252. The standard InChI is InChI=1S/C9H10NO.3C4H9.Sn/c1-4-7(2)5-9-6-11-8(3)10-9;3*1-3-4-2;/h1,4-6H,2-3H3;3*1,3-4H2,2H3;/b4-1?,7-5+;;;;. The molecule has 0 unspecified atom stereocenters. The van der Waals surface area contributed by atoms with Crippen molar-refractivity contribution < 1.29 is 4.42 Å². The Kier molecular flexibility index (Phi) is 10.7. The topological polar surface area (TPSA) is 26.0 Å². The molecule has 1 heterocycles. The number of aromatic nitrogens is 1. The average Bonchev–Trinajstić information content (AvgIpc) is 2.98. The Hall–Kier alpha value is -0.511. The van der Waals surface area contributed by atoms with E-state index >= 15 is 0 Å². The van der Waals surface area contributed by atoms with Crippen molar-refractivity contribution in [3.05, 3.63) is 33.6 Å². The molecule has 0 bridgehead atoms. The summed E-state index contributed by atoms with van der Waals surface area (Å²) in [5.74, 6) is 0.736. The summed E-state index contributed by atoms with van der Waals surface area (Å²) >= 11 is -2.15. The van der Waals surface area contributed by atoms with E-state index in [-0.39, 0.29) is 0 Å². The predicted octanol–water partition coefficient (Wildman–Crippen LogP) is 7.33. The number of aryl methyl sites for hydroxylation is 1. The Morgan fingerprint density at radius 1 is 1.04 bits per heavy atom. The summed E-state index contributed by atoms with van der Waals surface area (Å²) in [6.07, 6.45) is 14.5. The van der Waals surface area contributed by atoms with Crippen LogP contribution in [0.5, 0.6) is 0 Å². The number of unbranched alkanes of at least 4 members (excludes halogenated alkanes) is 3. The summed E-state index contributed by atoms with van der Waals surface area (Å²) in [4.78, 5) is 4.38. The van der Waals surface area contributed by atoms with E-state index in [4.69, 9.17) is 4.42 Å². The van der Waals surface area contributed by atoms with Gasteiger partial charge >= 0.3 is 154 Å². The van der Waals surface area contributed by atoms with Crippen LogP contribution in [0.3, 0.4) is 0 Å². The number of hydrogen-bond acceptors (Lipinski definition) is 2. The number of allylic oxidation sites excluding steroid dienone is 2. The first-order chi connectivity index (χ1) is 11.5. The second kappa shape index (κ2) is 11.9. The van der Waals surface area contributed by atoms with Crippen LogP contribution >= 0.6 is 0 Å². The van der Waals surface area contributed by atoms with Crippen LogP contribution in [0.15, 0.2) is 26.4 Å². The van der Waals surface area contributed by atoms with Gasteiger partial charge in [-0.2, -0.15) is 0 Å². The molecule has 0 aliphatic heterocycles. The van der Waals surface area contributed by atoms with Crippen molar-refractivity contribution in [3.8, 4) is 0 Å². The van der Waals surface area contributed by atoms with Crippen molar-refractivity contribution in [2.75, 3.05) is 0 Å². The Bertz CT molecular complexity index is 494. The minimum atomic E-state index is -2.15. The zero-order valence-electron chi connectivity index (χ0n) is 16.5. The van der Waals surface area contributed by atoms with Crippen LogP contribution < -0.4 is 0 Å². The first-order valence-corrected chi connectivity index (χ1v) is 17.5. The molecular weight excluding hydrogens is 401 g/mol. The van der Waals surface area contributed by atoms with Crippen molar-refractivity contribution in [2.45, 2.75) is 86.5 Å². The summed E-state index contributed by atoms with van der Waals surface area (Å²) in [5, 5.41) is 0. The number of hydrogen-bond donors (Lipinski definition) is 0. The fourth-order valence-electron chi connectivity index (χ4n) is 3.25. The Morgan fingerprint density at radius 2 is 1.58 bits per heavy atom. The van der Waals surface area contributed by atoms with Gasteiger partial charge in [-0.15, -0.1) is 0 Å². The monoisotopic (exact) mass is 439 g/mol. The molecule has 0 spiro atoms. The van der Waals surface area contributed by atoms with Crippen LogP contribution in [0.1, 0.15) is 77.8 Å². The maximum atomic E-state index is 5.30. The normalized spacial score (nSPS) is 13.1. The molecule has 136 valence electrons. The third-order valence-corrected chi connectivity index (χ3v) is 18.8. The molecule has 0 saturated carbocycles. The molecule has 0 fully saturated rings. The van der Waals surface area contributed by atoms with Crippen LogP contribution in [0.25, 0.3) is 6.08 Å². The summed E-state index contributed by atoms with van der Waals surface area (Å²) in [6, 6.07) is 0. The van der Waals surface area contributed by atoms with E-state index < -0.39 is 18.4 Å². The van der Waals surface area contributed by atoms with Crippen molar-refractivity contribution in [1.29, 1.82) is 0 Å². The van der Waals surface area contributed by atoms with Gasteiger partial charge in [0.25, 0.3) is 0 Å². The molecule has 0 aliphatic carbocycles. The zero-order valence-corrected chi connectivity index (χ0v) is 19.4. The van der Waals surface area contributed by atoms with Crippen molar-refractivity contribution in [2.24, 2.45) is 0 Å². The third kappa shape index (κ3) is 8.04. The first kappa shape index (κ1) is 21.5. The van der Waals surface area contributed by atoms with E-state index in [1.807, 2.05) is 6.92 Å². The SMILES string of the molecule is CCC[CH2][Sn](/[CH]=C/C(C)=C/c1coc(C)n1)([CH2]CCC)[CH2]CCC. The Balaban J connectivity index is 2.91. The minimum absolute atomic E-state index is 0.736. The number of nitrogens with zero attached hydrogens (tertiary/aromatic N) is 1. The summed E-state index contributed by atoms with van der Waals surface area (Å²) < 4.78 is 12.6. The fraction of sp³-hybridized carbons (Fsp3) is 0.667. The van der Waals surface area contributed by atoms with Gasteiger partial charge in [-0.1, -0.05) is 0 Å². The van der Waals surface area contributed by atoms with Gasteiger partial charge in [0.05, 0.1) is 0 Å². The van der Waals surface area contributed by atoms with Crippen molar-refractivity contribution >= 4 is 24.5 Å². The molecule has 3 heteroatoms. The molecule has 0 radical (unpaired) electrons. The van der Waals surface area contributed by atoms with Gasteiger partial charge in [0.15, 0.2) is 0 Å². The molecule has 2 nitrogen and oxygen atoms in total. The number of rotatable bonds is 12. The van der Waals surface area contributed by atoms with Crippen LogP contribution in [-0.4, -0.2) is 23.4 Å². The molecule has 1 aromatic rings. The maximum absolute atomic E-state index is 5.30. The average molecular weight is 438 g/mol. The zero-order chi connectivity index (χ0) is 17.8. The molecule has 0 aromatic carbocycles. The molecule has 0 N–H and O–H groups in total. The van der Waals surface area contributed by atoms with E-state index in [1.165, 1.54) is 57.4 Å². The van der Waals surface area contributed by atoms with Gasteiger partial charge < -0.3 is 0 Å². The molecule has 0 saturated heterocycles. The van der Waals surface area contributed by atoms with E-state index in [2.05, 4.69) is 48.9 Å². The molecular formula is C21H37NOSn. The molecule has 0 atom stereocenters. The van der Waals surface area contributed by atoms with Crippen LogP contribution in [0.2, 0.25) is 13.3 Å². The number of oxazole rings is 1. The van der Waals surface area contributed by atoms with E-state index in [0.717, 1.165) is 11.6 Å². The van der Waals surface area contributed by atoms with Gasteiger partial charge in [-0.25, -0.2) is 0 Å². The first-order valence-electron chi connectivity index (χ1n) is 9.85. The van der Waals surface area contributed by atoms with Gasteiger partial charge in [0.1, 0.15) is 0 Å². The van der Waals surface area contributed by atoms with Crippen molar-refractivity contribution in [1.82, 2.24) is 4.98 Å². The van der Waals surface area contributed by atoms with E-state index in [1.54, 1.807) is 6.26 Å². The van der Waals surface area contributed by atoms with E-state index in [0.29, 0.717) is 0 Å². The third-order valence-electron chi connectivity index (χ3n) is 4.80. The summed E-state index contributed by atoms with van der Waals surface area (Å²) in [7, 11) is 0. The van der Waals surface area contributed by atoms with E-state index in [9.17, 15) is 0 Å². The molecule has 24 heavy (non-hydrogen) atoms. The van der Waals surface area contributed by atoms with Gasteiger partial charge in [-0.05, 0) is 0 Å². The second-order valence-corrected chi connectivity index (χ2v) is 20.2. The fourth-order valence-corrected chi connectivity index (χ4v) is 17.6. The van der Waals surface area contributed by atoms with Gasteiger partial charge in [-0.3, -0.25) is 0 Å². The van der Waals surface area contributed by atoms with Gasteiger partial charge in [0.2, 0.25) is 0 Å². The molecule has 0 amide bonds. The Labute approximate surface area is 153 Å². The Morgan fingerprint density at radius 3 is 2.00 bits per heavy atom. The molecule has 0 aliphatic rings. The van der Waals surface area contributed by atoms with Crippen LogP contribution in [0.4, 0.5) is 0 Å². The van der Waals surface area contributed by atoms with Gasteiger partial charge in [0, 0.05) is 0 Å². The second-order valence-electron chi connectivity index (χ2n) is 7.19. The molecule has 1 aromatic heterocycles. The van der Waals surface area contributed by atoms with Crippen LogP contribution in [0, 0.1) is 6.92 Å². The molecule has 1 rings (SSSR count). The predicted molar refractivity (Wildman–Crippen MR) is 109 cm³/mol. The summed E-state index contributed by atoms with van der Waals surface area (Å²) in [5.41, 5.74) is 2.24. The summed E-state index contributed by atoms with van der Waals surface area (Å²) in [6.45, 7) is 11.1. The van der Waals surface area contributed by atoms with Crippen molar-refractivity contribution in [3.63, 3.8) is 0 Å².